The standard InChI is InChI=1S/C27H31BrO9/c1-15(28)13-18(33-25(31)16-5-3-2-4-6-16)9-11-26-14-20-22(36-26)24-27(35-20,37-26)23(30)21-19(34-24)8-7-17(32-21)10-12-29/h2-6,12,17-24,30H,1,7-11,13-14H2/t17?,18-,19+,20-,21+,22+,23+,24+,26+,27-/m1/s1. The number of hydrogen-bond acceptors (Lipinski definition) is 9. The number of carbonyl (C=O) groups excluding carboxylic acids is 2. The lowest BCUT2D eigenvalue weighted by Gasteiger charge is -2.56. The molecular weight excluding hydrogens is 548 g/mol. The van der Waals surface area contributed by atoms with Gasteiger partial charge in [0.15, 0.2) is 5.79 Å². The molecule has 6 saturated heterocycles. The molecule has 7 rings (SSSR count). The van der Waals surface area contributed by atoms with E-state index >= 15 is 0 Å². The highest BCUT2D eigenvalue weighted by Crippen LogP contribution is 2.60. The second-order valence-corrected chi connectivity index (χ2v) is 11.7. The Bertz CT molecular complexity index is 1050. The van der Waals surface area contributed by atoms with Gasteiger partial charge in [-0.25, -0.2) is 4.79 Å². The molecule has 1 unspecified atom stereocenters. The average Bonchev–Trinajstić information content (AvgIpc) is 3.27. The van der Waals surface area contributed by atoms with Crippen molar-refractivity contribution >= 4 is 28.2 Å². The summed E-state index contributed by atoms with van der Waals surface area (Å²) in [6, 6.07) is 8.85. The van der Waals surface area contributed by atoms with Crippen molar-refractivity contribution in [2.45, 2.75) is 105 Å². The van der Waals surface area contributed by atoms with Crippen molar-refractivity contribution in [3.8, 4) is 0 Å². The summed E-state index contributed by atoms with van der Waals surface area (Å²) in [7, 11) is 0. The molecule has 0 radical (unpaired) electrons. The van der Waals surface area contributed by atoms with Crippen molar-refractivity contribution in [3.05, 3.63) is 47.0 Å². The zero-order valence-corrected chi connectivity index (χ0v) is 21.9. The Morgan fingerprint density at radius 1 is 1.19 bits per heavy atom. The van der Waals surface area contributed by atoms with Crippen molar-refractivity contribution in [3.63, 3.8) is 0 Å². The van der Waals surface area contributed by atoms with E-state index in [1.54, 1.807) is 24.3 Å². The number of aldehydes is 1. The van der Waals surface area contributed by atoms with Crippen LogP contribution in [0.15, 0.2) is 41.4 Å². The Morgan fingerprint density at radius 2 is 2.00 bits per heavy atom. The second-order valence-electron chi connectivity index (χ2n) is 10.6. The Balaban J connectivity index is 1.16. The molecule has 4 bridgehead atoms. The molecule has 1 spiro atoms. The van der Waals surface area contributed by atoms with Gasteiger partial charge in [-0.15, -0.1) is 0 Å². The SMILES string of the molecule is C=C(Br)C[C@@H](CC[C@@]12C[C@H]3O[C@@]4(O1)[C@@H](O)[C@H]1OC(CC=O)CC[C@@H]1O[C@H]4[C@H]3O2)OC(=O)c1ccccc1. The maximum atomic E-state index is 12.7. The predicted molar refractivity (Wildman–Crippen MR) is 132 cm³/mol. The van der Waals surface area contributed by atoms with Crippen LogP contribution in [0.2, 0.25) is 0 Å². The normalized spacial score (nSPS) is 42.1. The summed E-state index contributed by atoms with van der Waals surface area (Å²) in [6.07, 6.45) is 0.321. The Hall–Kier alpha value is -1.66. The molecule has 1 aromatic carbocycles. The minimum atomic E-state index is -1.40. The monoisotopic (exact) mass is 578 g/mol. The van der Waals surface area contributed by atoms with Crippen LogP contribution in [0, 0.1) is 0 Å². The third-order valence-corrected chi connectivity index (χ3v) is 8.40. The minimum Gasteiger partial charge on any atom is -0.458 e. The number of aliphatic hydroxyl groups is 1. The number of carbonyl (C=O) groups is 2. The first-order chi connectivity index (χ1) is 17.8. The third-order valence-electron chi connectivity index (χ3n) is 8.08. The Labute approximate surface area is 223 Å². The first-order valence-corrected chi connectivity index (χ1v) is 13.7. The smallest absolute Gasteiger partial charge is 0.338 e. The van der Waals surface area contributed by atoms with E-state index in [2.05, 4.69) is 22.5 Å². The summed E-state index contributed by atoms with van der Waals surface area (Å²) in [5, 5.41) is 11.5. The number of fused-ring (bicyclic) bond motifs is 1. The first kappa shape index (κ1) is 25.6. The van der Waals surface area contributed by atoms with E-state index in [-0.39, 0.29) is 30.8 Å². The van der Waals surface area contributed by atoms with Crippen molar-refractivity contribution in [2.75, 3.05) is 0 Å². The van der Waals surface area contributed by atoms with Crippen LogP contribution in [0.1, 0.15) is 55.3 Å². The van der Waals surface area contributed by atoms with Gasteiger partial charge in [0, 0.05) is 25.7 Å². The molecule has 6 aliphatic heterocycles. The number of halogens is 1. The van der Waals surface area contributed by atoms with Crippen LogP contribution in [0.4, 0.5) is 0 Å². The lowest BCUT2D eigenvalue weighted by Crippen LogP contribution is -2.73. The van der Waals surface area contributed by atoms with Gasteiger partial charge in [0.25, 0.3) is 0 Å². The van der Waals surface area contributed by atoms with Crippen molar-refractivity contribution in [1.29, 1.82) is 0 Å². The molecule has 6 fully saturated rings. The molecule has 0 aromatic heterocycles. The average molecular weight is 579 g/mol. The molecule has 1 aromatic rings. The molecule has 0 aliphatic carbocycles. The molecule has 1 N–H and O–H groups in total. The molecule has 0 saturated carbocycles. The van der Waals surface area contributed by atoms with E-state index in [4.69, 9.17) is 28.4 Å². The van der Waals surface area contributed by atoms with E-state index in [1.165, 1.54) is 0 Å². The number of aliphatic hydroxyl groups excluding tert-OH is 1. The molecule has 6 aliphatic rings. The van der Waals surface area contributed by atoms with Crippen molar-refractivity contribution in [1.82, 2.24) is 0 Å². The van der Waals surface area contributed by atoms with Gasteiger partial charge in [0.1, 0.15) is 36.8 Å². The second kappa shape index (κ2) is 9.82. The van der Waals surface area contributed by atoms with Gasteiger partial charge >= 0.3 is 5.97 Å². The fourth-order valence-corrected chi connectivity index (χ4v) is 6.81. The van der Waals surface area contributed by atoms with Crippen molar-refractivity contribution in [2.24, 2.45) is 0 Å². The van der Waals surface area contributed by atoms with Gasteiger partial charge in [0.05, 0.1) is 23.9 Å². The summed E-state index contributed by atoms with van der Waals surface area (Å²) in [6.45, 7) is 3.91. The van der Waals surface area contributed by atoms with E-state index in [0.717, 1.165) is 10.8 Å². The van der Waals surface area contributed by atoms with Gasteiger partial charge in [-0.1, -0.05) is 40.7 Å². The molecular formula is C27H31BrO9. The number of hydrogen-bond donors (Lipinski definition) is 1. The fraction of sp³-hybridized carbons (Fsp3) is 0.630. The maximum absolute atomic E-state index is 12.7. The molecule has 6 heterocycles. The molecule has 200 valence electrons. The number of esters is 1. The predicted octanol–water partition coefficient (Wildman–Crippen LogP) is 3.17. The van der Waals surface area contributed by atoms with Gasteiger partial charge < -0.3 is 38.3 Å². The first-order valence-electron chi connectivity index (χ1n) is 12.9. The van der Waals surface area contributed by atoms with Crippen molar-refractivity contribution < 1.29 is 43.1 Å². The van der Waals surface area contributed by atoms with Crippen LogP contribution in [0.25, 0.3) is 0 Å². The molecule has 0 amide bonds. The van der Waals surface area contributed by atoms with Crippen LogP contribution in [-0.2, 0) is 33.2 Å². The highest BCUT2D eigenvalue weighted by molar-refractivity contribution is 9.11. The van der Waals surface area contributed by atoms with Crippen LogP contribution in [-0.4, -0.2) is 77.8 Å². The highest BCUT2D eigenvalue weighted by atomic mass is 79.9. The zero-order chi connectivity index (χ0) is 25.8. The topological polar surface area (TPSA) is 110 Å². The number of ether oxygens (including phenoxy) is 6. The molecule has 10 atom stereocenters. The molecule has 37 heavy (non-hydrogen) atoms. The number of rotatable bonds is 9. The quantitative estimate of drug-likeness (QED) is 0.349. The summed E-state index contributed by atoms with van der Waals surface area (Å²) in [5.74, 6) is -2.80. The Morgan fingerprint density at radius 3 is 2.76 bits per heavy atom. The van der Waals surface area contributed by atoms with Crippen LogP contribution in [0.5, 0.6) is 0 Å². The Kier molecular flexibility index (Phi) is 6.80. The molecule has 10 heteroatoms. The maximum Gasteiger partial charge on any atom is 0.338 e. The summed E-state index contributed by atoms with van der Waals surface area (Å²) in [4.78, 5) is 23.7. The van der Waals surface area contributed by atoms with E-state index in [1.807, 2.05) is 6.07 Å². The fourth-order valence-electron chi connectivity index (χ4n) is 6.45. The molecule has 9 nitrogen and oxygen atoms in total. The lowest BCUT2D eigenvalue weighted by molar-refractivity contribution is -0.465. The largest absolute Gasteiger partial charge is 0.458 e. The van der Waals surface area contributed by atoms with E-state index < -0.39 is 42.0 Å². The summed E-state index contributed by atoms with van der Waals surface area (Å²) >= 11 is 3.39. The minimum absolute atomic E-state index is 0.261. The van der Waals surface area contributed by atoms with Gasteiger partial charge in [0.2, 0.25) is 5.79 Å². The summed E-state index contributed by atoms with van der Waals surface area (Å²) < 4.78 is 38.1. The van der Waals surface area contributed by atoms with Gasteiger partial charge in [-0.05, 0) is 35.9 Å². The number of benzene rings is 1. The van der Waals surface area contributed by atoms with Gasteiger partial charge in [-0.3, -0.25) is 0 Å². The van der Waals surface area contributed by atoms with Crippen LogP contribution in [0.3, 0.4) is 0 Å². The lowest BCUT2D eigenvalue weighted by atomic mass is 9.85. The van der Waals surface area contributed by atoms with Gasteiger partial charge in [-0.2, -0.15) is 0 Å². The van der Waals surface area contributed by atoms with Crippen LogP contribution < -0.4 is 0 Å². The van der Waals surface area contributed by atoms with E-state index in [9.17, 15) is 14.7 Å². The summed E-state index contributed by atoms with van der Waals surface area (Å²) in [5.41, 5.74) is 0.478. The zero-order valence-electron chi connectivity index (χ0n) is 20.3. The third kappa shape index (κ3) is 4.50. The highest BCUT2D eigenvalue weighted by Gasteiger charge is 2.77. The van der Waals surface area contributed by atoms with E-state index in [0.29, 0.717) is 44.1 Å². The van der Waals surface area contributed by atoms with Crippen LogP contribution >= 0.6 is 15.9 Å².